The molecule has 5 aromatic rings. The first kappa shape index (κ1) is 37.9. The van der Waals surface area contributed by atoms with Gasteiger partial charge in [0, 0.05) is 67.2 Å². The van der Waals surface area contributed by atoms with Crippen LogP contribution in [0.1, 0.15) is 74.0 Å². The standard InChI is InChI=1S/C43H42F3N7O4/c1-25-17-28-19-26(2)42(40(55)56,29(18-25)20-28)51-39(54)34-9-10-36(50-38(34)43(44,45)46)35-24-53(30-6-3-5-27(21-30)23-47)37-22-32(7-8-33(35)37)57-31-11-15-52(16-12-31)41-48-13-4-14-49-41/h3-10,13-14,21-22,24-26,28-29,31H,11-12,15-20H2,1-2H3,(H,51,54)(H,55,56). The van der Waals surface area contributed by atoms with Crippen molar-refractivity contribution < 1.29 is 32.6 Å². The maximum atomic E-state index is 14.9. The number of anilines is 1. The van der Waals surface area contributed by atoms with Crippen molar-refractivity contribution in [2.24, 2.45) is 23.7 Å². The molecule has 4 heterocycles. The number of nitrogens with one attached hydrogen (secondary N) is 1. The Morgan fingerprint density at radius 2 is 1.75 bits per heavy atom. The molecule has 5 unspecified atom stereocenters. The quantitative estimate of drug-likeness (QED) is 0.160. The maximum Gasteiger partial charge on any atom is 0.434 e. The third-order valence-electron chi connectivity index (χ3n) is 12.1. The number of hydrogen-bond donors (Lipinski definition) is 2. The van der Waals surface area contributed by atoms with Gasteiger partial charge in [0.25, 0.3) is 5.91 Å². The number of halogens is 3. The Morgan fingerprint density at radius 1 is 0.982 bits per heavy atom. The summed E-state index contributed by atoms with van der Waals surface area (Å²) in [5, 5.41) is 23.4. The summed E-state index contributed by atoms with van der Waals surface area (Å²) in [5.74, 6) is -1.46. The van der Waals surface area contributed by atoms with Crippen LogP contribution in [0, 0.1) is 35.0 Å². The Hall–Kier alpha value is -5.97. The second-order valence-corrected chi connectivity index (χ2v) is 15.8. The molecule has 57 heavy (non-hydrogen) atoms. The Balaban J connectivity index is 1.14. The number of nitriles is 1. The first-order valence-corrected chi connectivity index (χ1v) is 19.3. The molecule has 3 aliphatic rings. The molecule has 0 radical (unpaired) electrons. The summed E-state index contributed by atoms with van der Waals surface area (Å²) in [5.41, 5.74) is -1.92. The number of hydrogen-bond acceptors (Lipinski definition) is 8. The van der Waals surface area contributed by atoms with Crippen LogP contribution in [0.4, 0.5) is 19.1 Å². The number of carboxylic acid groups (broad SMARTS) is 1. The number of alkyl halides is 3. The van der Waals surface area contributed by atoms with Crippen molar-refractivity contribution in [1.82, 2.24) is 24.8 Å². The molecule has 14 heteroatoms. The second kappa shape index (κ2) is 14.8. The maximum absolute atomic E-state index is 14.9. The van der Waals surface area contributed by atoms with Crippen molar-refractivity contribution in [3.05, 3.63) is 96.1 Å². The van der Waals surface area contributed by atoms with Crippen LogP contribution >= 0.6 is 0 Å². The Morgan fingerprint density at radius 3 is 2.47 bits per heavy atom. The number of amides is 1. The van der Waals surface area contributed by atoms with Gasteiger partial charge < -0.3 is 24.6 Å². The summed E-state index contributed by atoms with van der Waals surface area (Å²) < 4.78 is 53.0. The van der Waals surface area contributed by atoms with Gasteiger partial charge >= 0.3 is 12.1 Å². The Labute approximate surface area is 327 Å². The van der Waals surface area contributed by atoms with Crippen molar-refractivity contribution in [1.29, 1.82) is 5.26 Å². The third kappa shape index (κ3) is 7.15. The van der Waals surface area contributed by atoms with Crippen molar-refractivity contribution in [2.45, 2.75) is 70.2 Å². The summed E-state index contributed by atoms with van der Waals surface area (Å²) in [7, 11) is 0. The number of aliphatic carboxylic acids is 1. The van der Waals surface area contributed by atoms with Gasteiger partial charge in [0.05, 0.1) is 28.4 Å². The molecule has 0 spiro atoms. The zero-order valence-electron chi connectivity index (χ0n) is 31.5. The molecule has 1 saturated heterocycles. The number of fused-ring (bicyclic) bond motifs is 3. The fourth-order valence-corrected chi connectivity index (χ4v) is 9.57. The molecule has 1 aliphatic heterocycles. The molecular weight excluding hydrogens is 736 g/mol. The minimum Gasteiger partial charge on any atom is -0.490 e. The highest BCUT2D eigenvalue weighted by atomic mass is 19.4. The number of piperidine rings is 1. The first-order valence-electron chi connectivity index (χ1n) is 19.3. The highest BCUT2D eigenvalue weighted by Crippen LogP contribution is 2.50. The van der Waals surface area contributed by atoms with E-state index in [9.17, 15) is 33.1 Å². The molecule has 294 valence electrons. The number of carbonyl (C=O) groups is 2. The van der Waals surface area contributed by atoms with E-state index in [1.165, 1.54) is 6.07 Å². The second-order valence-electron chi connectivity index (χ2n) is 15.8. The lowest BCUT2D eigenvalue weighted by Crippen LogP contribution is -2.66. The normalized spacial score (nSPS) is 23.8. The van der Waals surface area contributed by atoms with Crippen LogP contribution in [0.15, 0.2) is 79.3 Å². The molecule has 8 rings (SSSR count). The minimum atomic E-state index is -5.04. The van der Waals surface area contributed by atoms with Gasteiger partial charge in [-0.1, -0.05) is 19.9 Å². The van der Waals surface area contributed by atoms with Crippen molar-refractivity contribution >= 4 is 28.7 Å². The summed E-state index contributed by atoms with van der Waals surface area (Å²) in [6, 6.07) is 18.6. The SMILES string of the molecule is CC1CC2CC(C)C(NC(=O)c3ccc(-c4cn(-c5cccc(C#N)c5)c5cc(OC6CCN(c7ncccn7)CC6)ccc45)nc3C(F)(F)F)(C(=O)O)C(C1)C2. The van der Waals surface area contributed by atoms with Crippen LogP contribution in [0.5, 0.6) is 5.75 Å². The Kier molecular flexibility index (Phi) is 9.87. The van der Waals surface area contributed by atoms with E-state index in [0.29, 0.717) is 77.7 Å². The largest absolute Gasteiger partial charge is 0.490 e. The summed E-state index contributed by atoms with van der Waals surface area (Å²) in [4.78, 5) is 41.8. The van der Waals surface area contributed by atoms with Crippen LogP contribution in [-0.4, -0.2) is 61.2 Å². The molecule has 2 bridgehead atoms. The molecule has 2 aromatic carbocycles. The molecule has 2 aliphatic carbocycles. The smallest absolute Gasteiger partial charge is 0.434 e. The number of ether oxygens (including phenoxy) is 1. The monoisotopic (exact) mass is 777 g/mol. The van der Waals surface area contributed by atoms with E-state index in [1.807, 2.05) is 13.0 Å². The number of rotatable bonds is 8. The van der Waals surface area contributed by atoms with Gasteiger partial charge in [0.1, 0.15) is 17.4 Å². The number of carboxylic acids is 1. The van der Waals surface area contributed by atoms with Crippen LogP contribution < -0.4 is 15.0 Å². The topological polar surface area (TPSA) is 146 Å². The molecule has 1 amide bonds. The molecular formula is C43H42F3N7O4. The van der Waals surface area contributed by atoms with E-state index >= 15 is 0 Å². The lowest BCUT2D eigenvalue weighted by Gasteiger charge is -2.52. The lowest BCUT2D eigenvalue weighted by atomic mass is 9.56. The van der Waals surface area contributed by atoms with E-state index in [1.54, 1.807) is 72.5 Å². The Bertz CT molecular complexity index is 2370. The molecule has 2 saturated carbocycles. The van der Waals surface area contributed by atoms with Gasteiger partial charge in [0.2, 0.25) is 5.95 Å². The number of pyridine rings is 1. The van der Waals surface area contributed by atoms with Gasteiger partial charge in [-0.05, 0) is 97.9 Å². The van der Waals surface area contributed by atoms with Gasteiger partial charge in [-0.15, -0.1) is 0 Å². The van der Waals surface area contributed by atoms with Crippen LogP contribution in [0.25, 0.3) is 27.8 Å². The van der Waals surface area contributed by atoms with E-state index in [2.05, 4.69) is 31.2 Å². The van der Waals surface area contributed by atoms with Gasteiger partial charge in [-0.2, -0.15) is 18.4 Å². The van der Waals surface area contributed by atoms with Crippen molar-refractivity contribution in [3.63, 3.8) is 0 Å². The van der Waals surface area contributed by atoms with Crippen LogP contribution in [0.2, 0.25) is 0 Å². The summed E-state index contributed by atoms with van der Waals surface area (Å²) >= 11 is 0. The minimum absolute atomic E-state index is 0.0360. The molecule has 3 fully saturated rings. The average molecular weight is 778 g/mol. The molecule has 3 aromatic heterocycles. The molecule has 11 nitrogen and oxygen atoms in total. The average Bonchev–Trinajstić information content (AvgIpc) is 3.58. The number of benzene rings is 2. The highest BCUT2D eigenvalue weighted by molar-refractivity contribution is 6.01. The zero-order chi connectivity index (χ0) is 40.1. The fraction of sp³-hybridized carbons (Fsp3) is 0.395. The van der Waals surface area contributed by atoms with Crippen molar-refractivity contribution in [3.8, 4) is 28.8 Å². The predicted octanol–water partition coefficient (Wildman–Crippen LogP) is 8.07. The van der Waals surface area contributed by atoms with Crippen molar-refractivity contribution in [2.75, 3.05) is 18.0 Å². The van der Waals surface area contributed by atoms with Crippen LogP contribution in [-0.2, 0) is 11.0 Å². The van der Waals surface area contributed by atoms with Gasteiger partial charge in [-0.3, -0.25) is 4.79 Å². The first-order chi connectivity index (χ1) is 27.3. The number of aromatic nitrogens is 4. The summed E-state index contributed by atoms with van der Waals surface area (Å²) in [6.45, 7) is 5.22. The highest BCUT2D eigenvalue weighted by Gasteiger charge is 2.57. The lowest BCUT2D eigenvalue weighted by molar-refractivity contribution is -0.155. The number of nitrogens with zero attached hydrogens (tertiary/aromatic N) is 6. The predicted molar refractivity (Wildman–Crippen MR) is 206 cm³/mol. The summed E-state index contributed by atoms with van der Waals surface area (Å²) in [6.07, 6.45) is 4.09. The van der Waals surface area contributed by atoms with E-state index in [0.717, 1.165) is 25.3 Å². The molecule has 5 atom stereocenters. The van der Waals surface area contributed by atoms with E-state index in [4.69, 9.17) is 4.74 Å². The third-order valence-corrected chi connectivity index (χ3v) is 12.1. The zero-order valence-corrected chi connectivity index (χ0v) is 31.5. The van der Waals surface area contributed by atoms with Gasteiger partial charge in [-0.25, -0.2) is 19.7 Å². The fourth-order valence-electron chi connectivity index (χ4n) is 9.57. The van der Waals surface area contributed by atoms with E-state index < -0.39 is 46.7 Å². The molecule has 2 N–H and O–H groups in total. The van der Waals surface area contributed by atoms with Gasteiger partial charge in [0.15, 0.2) is 5.69 Å². The number of carbonyl (C=O) groups excluding carboxylic acids is 1. The van der Waals surface area contributed by atoms with E-state index in [-0.39, 0.29) is 17.7 Å². The van der Waals surface area contributed by atoms with Crippen LogP contribution in [0.3, 0.4) is 0 Å².